The molecule has 0 spiro atoms. The number of nitrogens with one attached hydrogen (secondary N) is 2. The van der Waals surface area contributed by atoms with E-state index in [2.05, 4.69) is 44.2 Å². The topological polar surface area (TPSA) is 89.7 Å². The Morgan fingerprint density at radius 3 is 2.81 bits per heavy atom. The van der Waals surface area contributed by atoms with Gasteiger partial charge in [0.2, 0.25) is 0 Å². The fourth-order valence-electron chi connectivity index (χ4n) is 4.36. The summed E-state index contributed by atoms with van der Waals surface area (Å²) in [5.41, 5.74) is 8.00. The van der Waals surface area contributed by atoms with Crippen molar-refractivity contribution in [1.82, 2.24) is 30.1 Å². The zero-order valence-electron chi connectivity index (χ0n) is 18.3. The number of hydrogen-bond acceptors (Lipinski definition) is 5. The van der Waals surface area contributed by atoms with Gasteiger partial charge in [0.05, 0.1) is 23.6 Å². The summed E-state index contributed by atoms with van der Waals surface area (Å²) in [5, 5.41) is 19.3. The summed E-state index contributed by atoms with van der Waals surface area (Å²) < 4.78 is 3.80. The van der Waals surface area contributed by atoms with Crippen LogP contribution in [0.3, 0.4) is 0 Å². The van der Waals surface area contributed by atoms with E-state index in [1.807, 2.05) is 60.0 Å². The molecule has 0 saturated heterocycles. The maximum Gasteiger partial charge on any atom is 0.251 e. The molecule has 5 rings (SSSR count). The van der Waals surface area contributed by atoms with Gasteiger partial charge >= 0.3 is 0 Å². The zero-order chi connectivity index (χ0) is 22.2. The van der Waals surface area contributed by atoms with Gasteiger partial charge in [0.1, 0.15) is 0 Å². The van der Waals surface area contributed by atoms with Crippen LogP contribution < -0.4 is 10.6 Å². The number of rotatable bonds is 4. The van der Waals surface area contributed by atoms with Crippen LogP contribution in [0.1, 0.15) is 34.1 Å². The van der Waals surface area contributed by atoms with E-state index in [0.29, 0.717) is 5.56 Å². The lowest BCUT2D eigenvalue weighted by Gasteiger charge is -2.21. The molecular formula is C24H25N7O. The fraction of sp³-hybridized carbons (Fsp3) is 0.250. The van der Waals surface area contributed by atoms with E-state index in [1.165, 1.54) is 5.56 Å². The van der Waals surface area contributed by atoms with E-state index < -0.39 is 0 Å². The highest BCUT2D eigenvalue weighted by Gasteiger charge is 2.26. The molecule has 1 aliphatic heterocycles. The standard InChI is InChI=1S/C24H25N7O/c1-15-23-20-8-7-16(18-13-26-30(3)14-18)12-21(20)22(9-10-31(23)29-28-15)27-19-6-4-5-17(11-19)24(32)25-2/h4-8,11-14,22,27H,9-10H2,1-3H3,(H,25,32). The number of carbonyl (C=O) groups excluding carboxylic acids is 1. The van der Waals surface area contributed by atoms with Crippen LogP contribution in [0.2, 0.25) is 0 Å². The van der Waals surface area contributed by atoms with Crippen LogP contribution in [0, 0.1) is 6.92 Å². The lowest BCUT2D eigenvalue weighted by atomic mass is 9.93. The first-order valence-corrected chi connectivity index (χ1v) is 10.7. The Bertz CT molecular complexity index is 1300. The van der Waals surface area contributed by atoms with Crippen LogP contribution in [-0.4, -0.2) is 37.7 Å². The SMILES string of the molecule is CNC(=O)c1cccc(NC2CCn3nnc(C)c3-c3ccc(-c4cnn(C)c4)cc32)c1. The van der Waals surface area contributed by atoms with Crippen molar-refractivity contribution in [2.45, 2.75) is 25.9 Å². The van der Waals surface area contributed by atoms with Gasteiger partial charge in [0.15, 0.2) is 0 Å². The Hall–Kier alpha value is -3.94. The molecule has 2 N–H and O–H groups in total. The smallest absolute Gasteiger partial charge is 0.251 e. The number of benzene rings is 2. The number of fused-ring (bicyclic) bond motifs is 3. The Labute approximate surface area is 186 Å². The molecule has 0 bridgehead atoms. The minimum atomic E-state index is -0.101. The normalized spacial score (nSPS) is 14.9. The van der Waals surface area contributed by atoms with Crippen LogP contribution in [0.5, 0.6) is 0 Å². The summed E-state index contributed by atoms with van der Waals surface area (Å²) in [6.07, 6.45) is 4.74. The number of amides is 1. The second-order valence-corrected chi connectivity index (χ2v) is 8.10. The van der Waals surface area contributed by atoms with E-state index in [1.54, 1.807) is 7.05 Å². The average Bonchev–Trinajstić information content (AvgIpc) is 3.37. The van der Waals surface area contributed by atoms with Gasteiger partial charge < -0.3 is 10.6 Å². The van der Waals surface area contributed by atoms with Crippen molar-refractivity contribution in [3.05, 3.63) is 71.7 Å². The van der Waals surface area contributed by atoms with Crippen molar-refractivity contribution in [2.75, 3.05) is 12.4 Å². The van der Waals surface area contributed by atoms with Gasteiger partial charge in [0, 0.05) is 49.2 Å². The summed E-state index contributed by atoms with van der Waals surface area (Å²) in [6.45, 7) is 2.75. The van der Waals surface area contributed by atoms with Crippen LogP contribution in [0.25, 0.3) is 22.4 Å². The molecule has 0 aliphatic carbocycles. The van der Waals surface area contributed by atoms with E-state index in [0.717, 1.165) is 46.7 Å². The molecule has 1 atom stereocenters. The molecule has 4 aromatic rings. The second kappa shape index (κ2) is 7.96. The molecule has 1 aliphatic rings. The summed E-state index contributed by atoms with van der Waals surface area (Å²) in [6, 6.07) is 14.2. The van der Waals surface area contributed by atoms with Crippen LogP contribution in [-0.2, 0) is 13.6 Å². The third kappa shape index (κ3) is 3.53. The van der Waals surface area contributed by atoms with E-state index in [9.17, 15) is 4.79 Å². The Balaban J connectivity index is 1.59. The highest BCUT2D eigenvalue weighted by atomic mass is 16.1. The maximum atomic E-state index is 12.1. The highest BCUT2D eigenvalue weighted by molar-refractivity contribution is 5.94. The van der Waals surface area contributed by atoms with Gasteiger partial charge in [-0.1, -0.05) is 23.4 Å². The molecule has 2 aromatic heterocycles. The average molecular weight is 428 g/mol. The van der Waals surface area contributed by atoms with Gasteiger partial charge in [-0.25, -0.2) is 4.68 Å². The molecule has 8 heteroatoms. The van der Waals surface area contributed by atoms with Gasteiger partial charge in [-0.2, -0.15) is 5.10 Å². The van der Waals surface area contributed by atoms with Gasteiger partial charge in [-0.15, -0.1) is 5.10 Å². The first kappa shape index (κ1) is 20.0. The third-order valence-electron chi connectivity index (χ3n) is 5.95. The molecule has 0 fully saturated rings. The Morgan fingerprint density at radius 2 is 2.03 bits per heavy atom. The quantitative estimate of drug-likeness (QED) is 0.520. The van der Waals surface area contributed by atoms with Gasteiger partial charge in [-0.3, -0.25) is 9.48 Å². The van der Waals surface area contributed by atoms with Gasteiger partial charge in [0.25, 0.3) is 5.91 Å². The minimum absolute atomic E-state index is 0.0441. The maximum absolute atomic E-state index is 12.1. The summed E-state index contributed by atoms with van der Waals surface area (Å²) in [7, 11) is 3.56. The number of nitrogens with zero attached hydrogens (tertiary/aromatic N) is 5. The third-order valence-corrected chi connectivity index (χ3v) is 5.95. The van der Waals surface area contributed by atoms with Crippen molar-refractivity contribution in [1.29, 1.82) is 0 Å². The van der Waals surface area contributed by atoms with Crippen molar-refractivity contribution >= 4 is 11.6 Å². The molecular weight excluding hydrogens is 402 g/mol. The van der Waals surface area contributed by atoms with Crippen LogP contribution in [0.4, 0.5) is 5.69 Å². The first-order valence-electron chi connectivity index (χ1n) is 10.7. The van der Waals surface area contributed by atoms with Crippen LogP contribution in [0.15, 0.2) is 54.9 Å². The van der Waals surface area contributed by atoms with E-state index >= 15 is 0 Å². The molecule has 1 amide bonds. The number of anilines is 1. The van der Waals surface area contributed by atoms with Crippen molar-refractivity contribution in [3.8, 4) is 22.4 Å². The molecule has 0 radical (unpaired) electrons. The number of carbonyl (C=O) groups is 1. The van der Waals surface area contributed by atoms with Crippen molar-refractivity contribution in [3.63, 3.8) is 0 Å². The Morgan fingerprint density at radius 1 is 1.16 bits per heavy atom. The predicted molar refractivity (Wildman–Crippen MR) is 123 cm³/mol. The summed E-state index contributed by atoms with van der Waals surface area (Å²) in [4.78, 5) is 12.1. The number of aryl methyl sites for hydroxylation is 3. The first-order chi connectivity index (χ1) is 15.5. The number of aromatic nitrogens is 5. The predicted octanol–water partition coefficient (Wildman–Crippen LogP) is 3.57. The molecule has 8 nitrogen and oxygen atoms in total. The Kier molecular flexibility index (Phi) is 4.97. The van der Waals surface area contributed by atoms with Crippen molar-refractivity contribution < 1.29 is 4.79 Å². The molecule has 32 heavy (non-hydrogen) atoms. The molecule has 1 unspecified atom stereocenters. The second-order valence-electron chi connectivity index (χ2n) is 8.10. The summed E-state index contributed by atoms with van der Waals surface area (Å²) >= 11 is 0. The lowest BCUT2D eigenvalue weighted by molar-refractivity contribution is 0.0963. The van der Waals surface area contributed by atoms with E-state index in [4.69, 9.17) is 0 Å². The van der Waals surface area contributed by atoms with Crippen LogP contribution >= 0.6 is 0 Å². The minimum Gasteiger partial charge on any atom is -0.378 e. The van der Waals surface area contributed by atoms with E-state index in [-0.39, 0.29) is 11.9 Å². The van der Waals surface area contributed by atoms with Gasteiger partial charge in [-0.05, 0) is 48.7 Å². The molecule has 3 heterocycles. The molecule has 2 aromatic carbocycles. The summed E-state index contributed by atoms with van der Waals surface area (Å²) in [5.74, 6) is -0.101. The zero-order valence-corrected chi connectivity index (χ0v) is 18.3. The monoisotopic (exact) mass is 427 g/mol. The number of hydrogen-bond donors (Lipinski definition) is 2. The highest BCUT2D eigenvalue weighted by Crippen LogP contribution is 2.39. The van der Waals surface area contributed by atoms with Crippen molar-refractivity contribution in [2.24, 2.45) is 7.05 Å². The lowest BCUT2D eigenvalue weighted by Crippen LogP contribution is -2.18. The molecule has 0 saturated carbocycles. The largest absolute Gasteiger partial charge is 0.378 e. The fourth-order valence-corrected chi connectivity index (χ4v) is 4.36. The molecule has 162 valence electrons.